The second-order valence-electron chi connectivity index (χ2n) is 5.66. The number of likely N-dealkylation sites (tertiary alicyclic amines) is 1. The first-order valence-electron chi connectivity index (χ1n) is 7.71. The van der Waals surface area contributed by atoms with E-state index in [9.17, 15) is 14.4 Å². The van der Waals surface area contributed by atoms with Crippen molar-refractivity contribution >= 4 is 33.6 Å². The molecule has 1 amide bonds. The standard InChI is InChI=1S/C17H20BrNO5/c1-11(20)14-9-13(18)3-4-15(14)24-10-16(21)19-7-5-12(6-8-19)17(22)23-2/h3-4,9,12H,5-8,10H2,1-2H3. The van der Waals surface area contributed by atoms with Crippen molar-refractivity contribution in [2.24, 2.45) is 5.92 Å². The molecule has 0 saturated carbocycles. The van der Waals surface area contributed by atoms with Crippen molar-refractivity contribution in [2.45, 2.75) is 19.8 Å². The molecule has 0 spiro atoms. The molecule has 1 fully saturated rings. The van der Waals surface area contributed by atoms with E-state index in [-0.39, 0.29) is 30.2 Å². The van der Waals surface area contributed by atoms with Crippen LogP contribution < -0.4 is 4.74 Å². The number of carbonyl (C=O) groups excluding carboxylic acids is 3. The van der Waals surface area contributed by atoms with Gasteiger partial charge in [-0.05, 0) is 38.0 Å². The number of rotatable bonds is 5. The van der Waals surface area contributed by atoms with Gasteiger partial charge in [-0.1, -0.05) is 15.9 Å². The van der Waals surface area contributed by atoms with Gasteiger partial charge in [-0.25, -0.2) is 0 Å². The van der Waals surface area contributed by atoms with Gasteiger partial charge in [-0.2, -0.15) is 0 Å². The zero-order valence-electron chi connectivity index (χ0n) is 13.7. The Bertz CT molecular complexity index is 638. The molecule has 0 atom stereocenters. The monoisotopic (exact) mass is 397 g/mol. The number of halogens is 1. The third-order valence-electron chi connectivity index (χ3n) is 4.05. The quantitative estimate of drug-likeness (QED) is 0.563. The molecule has 0 N–H and O–H groups in total. The Morgan fingerprint density at radius 2 is 1.92 bits per heavy atom. The first-order valence-corrected chi connectivity index (χ1v) is 8.50. The molecule has 130 valence electrons. The number of nitrogens with zero attached hydrogens (tertiary/aromatic N) is 1. The maximum atomic E-state index is 12.3. The predicted octanol–water partition coefficient (Wildman–Crippen LogP) is 2.44. The molecule has 0 radical (unpaired) electrons. The molecule has 0 unspecified atom stereocenters. The molecular weight excluding hydrogens is 378 g/mol. The Balaban J connectivity index is 1.91. The van der Waals surface area contributed by atoms with Crippen LogP contribution in [0.15, 0.2) is 22.7 Å². The number of ketones is 1. The van der Waals surface area contributed by atoms with E-state index in [2.05, 4.69) is 15.9 Å². The van der Waals surface area contributed by atoms with Gasteiger partial charge >= 0.3 is 5.97 Å². The van der Waals surface area contributed by atoms with E-state index >= 15 is 0 Å². The van der Waals surface area contributed by atoms with Gasteiger partial charge in [0, 0.05) is 17.6 Å². The summed E-state index contributed by atoms with van der Waals surface area (Å²) in [6.45, 7) is 2.32. The topological polar surface area (TPSA) is 72.9 Å². The van der Waals surface area contributed by atoms with Crippen molar-refractivity contribution in [1.82, 2.24) is 4.90 Å². The highest BCUT2D eigenvalue weighted by atomic mass is 79.9. The average Bonchev–Trinajstić information content (AvgIpc) is 2.59. The first-order chi connectivity index (χ1) is 11.4. The number of piperidine rings is 1. The fraction of sp³-hybridized carbons (Fsp3) is 0.471. The van der Waals surface area contributed by atoms with Crippen molar-refractivity contribution in [1.29, 1.82) is 0 Å². The SMILES string of the molecule is COC(=O)C1CCN(C(=O)COc2ccc(Br)cc2C(C)=O)CC1. The minimum atomic E-state index is -0.223. The van der Waals surface area contributed by atoms with Gasteiger partial charge in [0.05, 0.1) is 18.6 Å². The van der Waals surface area contributed by atoms with Crippen LogP contribution in [-0.2, 0) is 14.3 Å². The summed E-state index contributed by atoms with van der Waals surface area (Å²) >= 11 is 3.31. The Labute approximate surface area is 149 Å². The molecule has 0 aliphatic carbocycles. The average molecular weight is 398 g/mol. The Morgan fingerprint density at radius 1 is 1.25 bits per heavy atom. The summed E-state index contributed by atoms with van der Waals surface area (Å²) in [7, 11) is 1.37. The zero-order chi connectivity index (χ0) is 17.7. The van der Waals surface area contributed by atoms with E-state index in [0.717, 1.165) is 4.47 Å². The maximum Gasteiger partial charge on any atom is 0.308 e. The number of hydrogen-bond acceptors (Lipinski definition) is 5. The number of esters is 1. The summed E-state index contributed by atoms with van der Waals surface area (Å²) in [5.74, 6) is -0.257. The third-order valence-corrected chi connectivity index (χ3v) is 4.55. The van der Waals surface area contributed by atoms with Gasteiger partial charge in [-0.15, -0.1) is 0 Å². The molecule has 1 aliphatic rings. The van der Waals surface area contributed by atoms with E-state index in [4.69, 9.17) is 9.47 Å². The molecule has 0 aromatic heterocycles. The molecule has 6 nitrogen and oxygen atoms in total. The van der Waals surface area contributed by atoms with Crippen LogP contribution in [0.25, 0.3) is 0 Å². The third kappa shape index (κ3) is 4.56. The summed E-state index contributed by atoms with van der Waals surface area (Å²) in [4.78, 5) is 37.1. The van der Waals surface area contributed by atoms with Gasteiger partial charge in [0.15, 0.2) is 12.4 Å². The molecular formula is C17H20BrNO5. The summed E-state index contributed by atoms with van der Waals surface area (Å²) in [6.07, 6.45) is 1.19. The van der Waals surface area contributed by atoms with Crippen LogP contribution in [0.1, 0.15) is 30.1 Å². The van der Waals surface area contributed by atoms with Gasteiger partial charge in [0.1, 0.15) is 5.75 Å². The van der Waals surface area contributed by atoms with Gasteiger partial charge in [-0.3, -0.25) is 14.4 Å². The van der Waals surface area contributed by atoms with Crippen LogP contribution in [-0.4, -0.2) is 49.4 Å². The molecule has 24 heavy (non-hydrogen) atoms. The van der Waals surface area contributed by atoms with Crippen molar-refractivity contribution in [3.63, 3.8) is 0 Å². The van der Waals surface area contributed by atoms with Crippen molar-refractivity contribution < 1.29 is 23.9 Å². The first kappa shape index (κ1) is 18.4. The summed E-state index contributed by atoms with van der Waals surface area (Å²) < 4.78 is 11.0. The number of hydrogen-bond donors (Lipinski definition) is 0. The number of carbonyl (C=O) groups is 3. The molecule has 1 aromatic rings. The number of Topliss-reactive ketones (excluding diaryl/α,β-unsaturated/α-hetero) is 1. The van der Waals surface area contributed by atoms with E-state index < -0.39 is 0 Å². The summed E-state index contributed by atoms with van der Waals surface area (Å²) in [6, 6.07) is 5.09. The van der Waals surface area contributed by atoms with Crippen LogP contribution in [0.3, 0.4) is 0 Å². The lowest BCUT2D eigenvalue weighted by Gasteiger charge is -2.30. The number of amides is 1. The fourth-order valence-corrected chi connectivity index (χ4v) is 3.03. The lowest BCUT2D eigenvalue weighted by molar-refractivity contribution is -0.149. The van der Waals surface area contributed by atoms with Crippen LogP contribution in [0.4, 0.5) is 0 Å². The molecule has 2 rings (SSSR count). The molecule has 7 heteroatoms. The van der Waals surface area contributed by atoms with Crippen molar-refractivity contribution in [2.75, 3.05) is 26.8 Å². The van der Waals surface area contributed by atoms with E-state index in [1.54, 1.807) is 23.1 Å². The number of ether oxygens (including phenoxy) is 2. The molecule has 1 aromatic carbocycles. The van der Waals surface area contributed by atoms with Gasteiger partial charge in [0.25, 0.3) is 5.91 Å². The van der Waals surface area contributed by atoms with E-state index in [1.807, 2.05) is 0 Å². The van der Waals surface area contributed by atoms with Crippen molar-refractivity contribution in [3.8, 4) is 5.75 Å². The minimum Gasteiger partial charge on any atom is -0.483 e. The van der Waals surface area contributed by atoms with Crippen LogP contribution in [0.2, 0.25) is 0 Å². The summed E-state index contributed by atoms with van der Waals surface area (Å²) in [5.41, 5.74) is 0.432. The second kappa shape index (κ2) is 8.28. The lowest BCUT2D eigenvalue weighted by atomic mass is 9.97. The maximum absolute atomic E-state index is 12.3. The number of methoxy groups -OCH3 is 1. The molecule has 1 aliphatic heterocycles. The zero-order valence-corrected chi connectivity index (χ0v) is 15.3. The van der Waals surface area contributed by atoms with E-state index in [1.165, 1.54) is 14.0 Å². The number of benzene rings is 1. The predicted molar refractivity (Wildman–Crippen MR) is 91.0 cm³/mol. The minimum absolute atomic E-state index is 0.127. The van der Waals surface area contributed by atoms with Crippen LogP contribution in [0.5, 0.6) is 5.75 Å². The van der Waals surface area contributed by atoms with E-state index in [0.29, 0.717) is 37.2 Å². The van der Waals surface area contributed by atoms with Crippen molar-refractivity contribution in [3.05, 3.63) is 28.2 Å². The smallest absolute Gasteiger partial charge is 0.308 e. The highest BCUT2D eigenvalue weighted by molar-refractivity contribution is 9.10. The van der Waals surface area contributed by atoms with Crippen LogP contribution >= 0.6 is 15.9 Å². The fourth-order valence-electron chi connectivity index (χ4n) is 2.67. The highest BCUT2D eigenvalue weighted by Crippen LogP contribution is 2.24. The second-order valence-corrected chi connectivity index (χ2v) is 6.58. The molecule has 1 saturated heterocycles. The normalized spacial score (nSPS) is 15.0. The van der Waals surface area contributed by atoms with Crippen LogP contribution in [0, 0.1) is 5.92 Å². The highest BCUT2D eigenvalue weighted by Gasteiger charge is 2.28. The van der Waals surface area contributed by atoms with Gasteiger partial charge in [0.2, 0.25) is 0 Å². The Kier molecular flexibility index (Phi) is 6.36. The largest absolute Gasteiger partial charge is 0.483 e. The Morgan fingerprint density at radius 3 is 2.50 bits per heavy atom. The van der Waals surface area contributed by atoms with Gasteiger partial charge < -0.3 is 14.4 Å². The Hall–Kier alpha value is -1.89. The molecule has 1 heterocycles. The molecule has 0 bridgehead atoms. The lowest BCUT2D eigenvalue weighted by Crippen LogP contribution is -2.42. The summed E-state index contributed by atoms with van der Waals surface area (Å²) in [5, 5.41) is 0.